The Balaban J connectivity index is 2.12. The number of methoxy groups -OCH3 is 1. The summed E-state index contributed by atoms with van der Waals surface area (Å²) >= 11 is 0. The minimum atomic E-state index is -4.96. The fraction of sp³-hybridized carbons (Fsp3) is 0.222. The number of hydrogen-bond acceptors (Lipinski definition) is 6. The van der Waals surface area contributed by atoms with E-state index >= 15 is 0 Å². The first-order valence-electron chi connectivity index (χ1n) is 8.20. The number of rotatable bonds is 8. The molecule has 0 atom stereocenters. The van der Waals surface area contributed by atoms with Crippen LogP contribution < -0.4 is 10.1 Å². The molecule has 0 aliphatic carbocycles. The standard InChI is InChI=1S/C18H18F3N5O3/c1-4-13(29-18(19,20)21)12(9-22-2)17(27)23-10-15-24-16(26-25-15)11-7-5-6-8-14(11)28-3/h4-9H,2,10H2,1,3H3,(H,23,27)(H,24,25,26)/b12-9+,13-4+. The van der Waals surface area contributed by atoms with Gasteiger partial charge in [0.05, 0.1) is 24.8 Å². The lowest BCUT2D eigenvalue weighted by Crippen LogP contribution is -2.27. The van der Waals surface area contributed by atoms with Crippen molar-refractivity contribution in [1.82, 2.24) is 20.5 Å². The van der Waals surface area contributed by atoms with Crippen LogP contribution in [0.15, 0.2) is 52.9 Å². The smallest absolute Gasteiger partial charge is 0.496 e. The molecule has 0 spiro atoms. The Kier molecular flexibility index (Phi) is 7.12. The molecule has 2 aromatic rings. The van der Waals surface area contributed by atoms with Gasteiger partial charge in [-0.05, 0) is 31.9 Å². The predicted octanol–water partition coefficient (Wildman–Crippen LogP) is 3.12. The second-order valence-corrected chi connectivity index (χ2v) is 5.41. The van der Waals surface area contributed by atoms with Gasteiger partial charge in [-0.15, -0.1) is 13.2 Å². The molecule has 1 heterocycles. The van der Waals surface area contributed by atoms with Gasteiger partial charge in [0, 0.05) is 6.20 Å². The number of halogens is 3. The Morgan fingerprint density at radius 3 is 2.72 bits per heavy atom. The quantitative estimate of drug-likeness (QED) is 0.302. The molecule has 0 radical (unpaired) electrons. The lowest BCUT2D eigenvalue weighted by Gasteiger charge is -2.14. The van der Waals surface area contributed by atoms with Crippen LogP contribution in [0.4, 0.5) is 13.2 Å². The first-order valence-corrected chi connectivity index (χ1v) is 8.20. The van der Waals surface area contributed by atoms with Crippen LogP contribution in [0.2, 0.25) is 0 Å². The molecule has 1 aromatic heterocycles. The summed E-state index contributed by atoms with van der Waals surface area (Å²) in [6.45, 7) is 4.32. The maximum absolute atomic E-state index is 12.5. The monoisotopic (exact) mass is 409 g/mol. The Morgan fingerprint density at radius 1 is 1.38 bits per heavy atom. The van der Waals surface area contributed by atoms with Crippen LogP contribution in [-0.2, 0) is 16.1 Å². The van der Waals surface area contributed by atoms with Gasteiger partial charge in [0.15, 0.2) is 5.82 Å². The van der Waals surface area contributed by atoms with Gasteiger partial charge in [-0.3, -0.25) is 14.9 Å². The molecule has 11 heteroatoms. The molecule has 0 fully saturated rings. The molecule has 154 valence electrons. The molecule has 0 aliphatic heterocycles. The van der Waals surface area contributed by atoms with Crippen LogP contribution in [0.25, 0.3) is 11.4 Å². The number of H-pyrrole nitrogens is 1. The van der Waals surface area contributed by atoms with Gasteiger partial charge in [-0.25, -0.2) is 4.98 Å². The lowest BCUT2D eigenvalue weighted by atomic mass is 10.2. The molecular weight excluding hydrogens is 391 g/mol. The lowest BCUT2D eigenvalue weighted by molar-refractivity contribution is -0.303. The van der Waals surface area contributed by atoms with Gasteiger partial charge >= 0.3 is 6.36 Å². The highest BCUT2D eigenvalue weighted by atomic mass is 19.4. The Morgan fingerprint density at radius 2 is 2.10 bits per heavy atom. The van der Waals surface area contributed by atoms with Crippen molar-refractivity contribution in [3.8, 4) is 17.1 Å². The number of hydrogen-bond donors (Lipinski definition) is 2. The highest BCUT2D eigenvalue weighted by Crippen LogP contribution is 2.27. The molecule has 8 nitrogen and oxygen atoms in total. The van der Waals surface area contributed by atoms with Crippen LogP contribution in [0.1, 0.15) is 12.7 Å². The van der Waals surface area contributed by atoms with E-state index in [-0.39, 0.29) is 12.4 Å². The van der Waals surface area contributed by atoms with E-state index in [4.69, 9.17) is 4.74 Å². The maximum atomic E-state index is 12.5. The number of benzene rings is 1. The number of allylic oxidation sites excluding steroid dienone is 1. The van der Waals surface area contributed by atoms with Crippen LogP contribution in [-0.4, -0.2) is 41.3 Å². The average Bonchev–Trinajstić information content (AvgIpc) is 3.16. The zero-order valence-electron chi connectivity index (χ0n) is 15.6. The summed E-state index contributed by atoms with van der Waals surface area (Å²) in [5.41, 5.74) is 0.194. The molecule has 0 saturated heterocycles. The van der Waals surface area contributed by atoms with E-state index in [9.17, 15) is 18.0 Å². The number of nitrogens with zero attached hydrogens (tertiary/aromatic N) is 3. The Hall–Kier alpha value is -3.63. The number of nitrogens with one attached hydrogen (secondary N) is 2. The number of aromatic nitrogens is 3. The minimum Gasteiger partial charge on any atom is -0.496 e. The summed E-state index contributed by atoms with van der Waals surface area (Å²) < 4.78 is 46.7. The molecule has 2 rings (SSSR count). The molecule has 0 saturated carbocycles. The van der Waals surface area contributed by atoms with Crippen LogP contribution >= 0.6 is 0 Å². The number of carbonyl (C=O) groups is 1. The molecule has 2 N–H and O–H groups in total. The number of carbonyl (C=O) groups excluding carboxylic acids is 1. The van der Waals surface area contributed by atoms with E-state index in [1.54, 1.807) is 24.3 Å². The Labute approximate surface area is 164 Å². The van der Waals surface area contributed by atoms with E-state index in [0.717, 1.165) is 12.3 Å². The largest absolute Gasteiger partial charge is 0.573 e. The molecule has 0 unspecified atom stereocenters. The van der Waals surface area contributed by atoms with E-state index in [1.807, 2.05) is 0 Å². The highest BCUT2D eigenvalue weighted by molar-refractivity contribution is 5.97. The Bertz CT molecular complexity index is 935. The number of aromatic amines is 1. The summed E-state index contributed by atoms with van der Waals surface area (Å²) in [7, 11) is 1.51. The second-order valence-electron chi connectivity index (χ2n) is 5.41. The molecule has 0 aliphatic rings. The predicted molar refractivity (Wildman–Crippen MR) is 98.7 cm³/mol. The topological polar surface area (TPSA) is 101 Å². The summed E-state index contributed by atoms with van der Waals surface area (Å²) in [5.74, 6) is -0.375. The molecule has 1 aromatic carbocycles. The van der Waals surface area contributed by atoms with Crippen molar-refractivity contribution in [1.29, 1.82) is 0 Å². The fourth-order valence-corrected chi connectivity index (χ4v) is 2.30. The molecule has 0 bridgehead atoms. The second kappa shape index (κ2) is 9.53. The van der Waals surface area contributed by atoms with Gasteiger partial charge < -0.3 is 14.8 Å². The fourth-order valence-electron chi connectivity index (χ4n) is 2.30. The van der Waals surface area contributed by atoms with Gasteiger partial charge in [0.2, 0.25) is 0 Å². The van der Waals surface area contributed by atoms with Crippen molar-refractivity contribution < 1.29 is 27.4 Å². The normalized spacial score (nSPS) is 12.4. The SMILES string of the molecule is C=N/C=C(C(=O)NCc1nc(-c2ccccc2OC)n[nH]1)\C(=C/C)OC(F)(F)F. The van der Waals surface area contributed by atoms with Gasteiger partial charge in [0.1, 0.15) is 17.3 Å². The van der Waals surface area contributed by atoms with Crippen molar-refractivity contribution in [2.45, 2.75) is 19.8 Å². The number of aliphatic imine (C=N–C) groups is 1. The van der Waals surface area contributed by atoms with Crippen molar-refractivity contribution in [3.63, 3.8) is 0 Å². The third kappa shape index (κ3) is 5.92. The van der Waals surface area contributed by atoms with Crippen molar-refractivity contribution in [2.75, 3.05) is 7.11 Å². The molecule has 1 amide bonds. The zero-order chi connectivity index (χ0) is 21.4. The summed E-state index contributed by atoms with van der Waals surface area (Å²) in [6, 6.07) is 7.08. The maximum Gasteiger partial charge on any atom is 0.573 e. The van der Waals surface area contributed by atoms with Crippen LogP contribution in [0, 0.1) is 0 Å². The van der Waals surface area contributed by atoms with E-state index in [1.165, 1.54) is 14.0 Å². The van der Waals surface area contributed by atoms with Crippen molar-refractivity contribution in [3.05, 3.63) is 53.7 Å². The average molecular weight is 409 g/mol. The van der Waals surface area contributed by atoms with E-state index in [0.29, 0.717) is 17.1 Å². The first kappa shape index (κ1) is 21.7. The van der Waals surface area contributed by atoms with Crippen molar-refractivity contribution in [2.24, 2.45) is 4.99 Å². The first-order chi connectivity index (χ1) is 13.8. The van der Waals surface area contributed by atoms with Crippen molar-refractivity contribution >= 4 is 12.6 Å². The molecular formula is C18H18F3N5O3. The summed E-state index contributed by atoms with van der Waals surface area (Å²) in [5, 5.41) is 9.14. The number of amides is 1. The zero-order valence-corrected chi connectivity index (χ0v) is 15.6. The number of para-hydroxylation sites is 1. The van der Waals surface area contributed by atoms with E-state index in [2.05, 4.69) is 36.9 Å². The molecule has 29 heavy (non-hydrogen) atoms. The van der Waals surface area contributed by atoms with Gasteiger partial charge in [-0.1, -0.05) is 12.1 Å². The number of alkyl halides is 3. The summed E-state index contributed by atoms with van der Waals surface area (Å²) in [4.78, 5) is 19.9. The van der Waals surface area contributed by atoms with Gasteiger partial charge in [-0.2, -0.15) is 5.10 Å². The number of ether oxygens (including phenoxy) is 2. The van der Waals surface area contributed by atoms with Crippen LogP contribution in [0.3, 0.4) is 0 Å². The van der Waals surface area contributed by atoms with Crippen LogP contribution in [0.5, 0.6) is 5.75 Å². The highest BCUT2D eigenvalue weighted by Gasteiger charge is 2.34. The third-order valence-electron chi connectivity index (χ3n) is 3.51. The van der Waals surface area contributed by atoms with E-state index < -0.39 is 23.6 Å². The third-order valence-corrected chi connectivity index (χ3v) is 3.51. The van der Waals surface area contributed by atoms with Gasteiger partial charge in [0.25, 0.3) is 5.91 Å². The minimum absolute atomic E-state index is 0.127. The summed E-state index contributed by atoms with van der Waals surface area (Å²) in [6.07, 6.45) is -3.09.